The predicted octanol–water partition coefficient (Wildman–Crippen LogP) is 3.44. The van der Waals surface area contributed by atoms with Gasteiger partial charge in [-0.1, -0.05) is 19.8 Å². The van der Waals surface area contributed by atoms with Crippen molar-refractivity contribution in [2.75, 3.05) is 5.32 Å². The third-order valence-corrected chi connectivity index (χ3v) is 4.13. The Hall–Kier alpha value is -1.79. The SMILES string of the molecule is CCCC(Nc1ccc2nnc(C(F)F)n2n1)C1CCC1. The number of aromatic nitrogens is 4. The molecule has 1 N–H and O–H groups in total. The van der Waals surface area contributed by atoms with E-state index in [0.717, 1.165) is 17.4 Å². The van der Waals surface area contributed by atoms with Crippen molar-refractivity contribution in [1.82, 2.24) is 19.8 Å². The smallest absolute Gasteiger partial charge is 0.299 e. The van der Waals surface area contributed by atoms with Crippen LogP contribution in [0.1, 0.15) is 51.3 Å². The summed E-state index contributed by atoms with van der Waals surface area (Å²) in [6.45, 7) is 2.15. The molecule has 1 unspecified atom stereocenters. The van der Waals surface area contributed by atoms with E-state index in [1.54, 1.807) is 12.1 Å². The summed E-state index contributed by atoms with van der Waals surface area (Å²) >= 11 is 0. The van der Waals surface area contributed by atoms with E-state index in [2.05, 4.69) is 27.5 Å². The van der Waals surface area contributed by atoms with Crippen molar-refractivity contribution in [2.24, 2.45) is 5.92 Å². The molecular weight excluding hydrogens is 276 g/mol. The molecule has 0 amide bonds. The molecule has 5 nitrogen and oxygen atoms in total. The van der Waals surface area contributed by atoms with Gasteiger partial charge in [-0.3, -0.25) is 0 Å². The number of rotatable bonds is 6. The Morgan fingerprint density at radius 3 is 2.76 bits per heavy atom. The van der Waals surface area contributed by atoms with Gasteiger partial charge in [-0.25, -0.2) is 8.78 Å². The third kappa shape index (κ3) is 2.82. The van der Waals surface area contributed by atoms with Crippen molar-refractivity contribution in [3.8, 4) is 0 Å². The van der Waals surface area contributed by atoms with Crippen molar-refractivity contribution in [3.63, 3.8) is 0 Å². The van der Waals surface area contributed by atoms with Gasteiger partial charge in [-0.15, -0.1) is 15.3 Å². The van der Waals surface area contributed by atoms with Gasteiger partial charge in [0.05, 0.1) is 0 Å². The van der Waals surface area contributed by atoms with Crippen LogP contribution in [0, 0.1) is 5.92 Å². The lowest BCUT2D eigenvalue weighted by atomic mass is 9.78. The van der Waals surface area contributed by atoms with Gasteiger partial charge in [0.25, 0.3) is 6.43 Å². The average Bonchev–Trinajstić information content (AvgIpc) is 2.80. The molecule has 0 aromatic carbocycles. The van der Waals surface area contributed by atoms with Crippen molar-refractivity contribution >= 4 is 11.5 Å². The monoisotopic (exact) mass is 295 g/mol. The van der Waals surface area contributed by atoms with Crippen molar-refractivity contribution in [2.45, 2.75) is 51.5 Å². The molecule has 0 spiro atoms. The number of alkyl halides is 2. The molecule has 1 saturated carbocycles. The Balaban J connectivity index is 1.83. The highest BCUT2D eigenvalue weighted by Gasteiger charge is 2.27. The summed E-state index contributed by atoms with van der Waals surface area (Å²) in [6, 6.07) is 3.80. The Labute approximate surface area is 121 Å². The largest absolute Gasteiger partial charge is 0.366 e. The third-order valence-electron chi connectivity index (χ3n) is 4.13. The minimum absolute atomic E-state index is 0.339. The molecule has 0 saturated heterocycles. The molecule has 2 aromatic heterocycles. The average molecular weight is 295 g/mol. The molecule has 2 aromatic rings. The summed E-state index contributed by atoms with van der Waals surface area (Å²) in [6.07, 6.45) is 3.21. The molecule has 21 heavy (non-hydrogen) atoms. The molecule has 3 rings (SSSR count). The minimum Gasteiger partial charge on any atom is -0.366 e. The molecule has 0 bridgehead atoms. The highest BCUT2D eigenvalue weighted by atomic mass is 19.3. The van der Waals surface area contributed by atoms with Crippen LogP contribution in [0.15, 0.2) is 12.1 Å². The van der Waals surface area contributed by atoms with Gasteiger partial charge in [0, 0.05) is 6.04 Å². The van der Waals surface area contributed by atoms with E-state index >= 15 is 0 Å². The maximum absolute atomic E-state index is 12.9. The van der Waals surface area contributed by atoms with Crippen LogP contribution in [0.2, 0.25) is 0 Å². The molecule has 2 heterocycles. The van der Waals surface area contributed by atoms with Gasteiger partial charge < -0.3 is 5.32 Å². The van der Waals surface area contributed by atoms with E-state index in [9.17, 15) is 8.78 Å². The van der Waals surface area contributed by atoms with Crippen LogP contribution in [-0.2, 0) is 0 Å². The molecule has 0 aliphatic heterocycles. The fraction of sp³-hybridized carbons (Fsp3) is 0.643. The van der Waals surface area contributed by atoms with Gasteiger partial charge in [-0.05, 0) is 37.3 Å². The van der Waals surface area contributed by atoms with Crippen molar-refractivity contribution in [1.29, 1.82) is 0 Å². The number of fused-ring (bicyclic) bond motifs is 1. The van der Waals surface area contributed by atoms with Crippen molar-refractivity contribution < 1.29 is 8.78 Å². The van der Waals surface area contributed by atoms with Gasteiger partial charge in [-0.2, -0.15) is 4.52 Å². The highest BCUT2D eigenvalue weighted by molar-refractivity contribution is 5.44. The zero-order chi connectivity index (χ0) is 14.8. The second kappa shape index (κ2) is 5.91. The fourth-order valence-electron chi connectivity index (χ4n) is 2.79. The highest BCUT2D eigenvalue weighted by Crippen LogP contribution is 2.33. The van der Waals surface area contributed by atoms with E-state index in [4.69, 9.17) is 0 Å². The van der Waals surface area contributed by atoms with Crippen LogP contribution in [0.3, 0.4) is 0 Å². The van der Waals surface area contributed by atoms with Crippen LogP contribution < -0.4 is 5.32 Å². The van der Waals surface area contributed by atoms with Gasteiger partial charge in [0.2, 0.25) is 5.82 Å². The predicted molar refractivity (Wildman–Crippen MR) is 75.4 cm³/mol. The summed E-state index contributed by atoms with van der Waals surface area (Å²) in [5.74, 6) is 0.858. The number of hydrogen-bond acceptors (Lipinski definition) is 4. The van der Waals surface area contributed by atoms with Crippen LogP contribution in [-0.4, -0.2) is 25.9 Å². The van der Waals surface area contributed by atoms with Crippen LogP contribution in [0.4, 0.5) is 14.6 Å². The normalized spacial score (nSPS) is 17.1. The van der Waals surface area contributed by atoms with E-state index in [1.165, 1.54) is 19.3 Å². The van der Waals surface area contributed by atoms with Crippen LogP contribution >= 0.6 is 0 Å². The first-order valence-corrected chi connectivity index (χ1v) is 7.46. The number of nitrogens with one attached hydrogen (secondary N) is 1. The van der Waals surface area contributed by atoms with Gasteiger partial charge in [0.1, 0.15) is 5.82 Å². The lowest BCUT2D eigenvalue weighted by Crippen LogP contribution is -2.34. The Morgan fingerprint density at radius 1 is 1.33 bits per heavy atom. The number of anilines is 1. The standard InChI is InChI=1S/C14H19F2N5/c1-2-4-10(9-5-3-6-9)17-11-7-8-12-18-19-14(13(15)16)21(12)20-11/h7-10,13H,2-6H2,1H3,(H,17,20). The Kier molecular flexibility index (Phi) is 3.98. The topological polar surface area (TPSA) is 55.1 Å². The first-order valence-electron chi connectivity index (χ1n) is 7.46. The van der Waals surface area contributed by atoms with Gasteiger partial charge >= 0.3 is 0 Å². The van der Waals surface area contributed by atoms with E-state index in [-0.39, 0.29) is 0 Å². The fourth-order valence-corrected chi connectivity index (χ4v) is 2.79. The minimum atomic E-state index is -2.68. The summed E-state index contributed by atoms with van der Waals surface area (Å²) in [4.78, 5) is 0. The molecule has 114 valence electrons. The number of halogens is 2. The molecular formula is C14H19F2N5. The summed E-state index contributed by atoms with van der Waals surface area (Å²) < 4.78 is 26.8. The molecule has 1 aliphatic carbocycles. The quantitative estimate of drug-likeness (QED) is 0.887. The second-order valence-electron chi connectivity index (χ2n) is 5.58. The Bertz CT molecular complexity index is 608. The van der Waals surface area contributed by atoms with Gasteiger partial charge in [0.15, 0.2) is 5.65 Å². The number of nitrogens with zero attached hydrogens (tertiary/aromatic N) is 4. The van der Waals surface area contributed by atoms with E-state index in [1.807, 2.05) is 0 Å². The van der Waals surface area contributed by atoms with Crippen LogP contribution in [0.5, 0.6) is 0 Å². The van der Waals surface area contributed by atoms with E-state index in [0.29, 0.717) is 23.4 Å². The van der Waals surface area contributed by atoms with E-state index < -0.39 is 12.2 Å². The lowest BCUT2D eigenvalue weighted by molar-refractivity contribution is 0.137. The second-order valence-corrected chi connectivity index (χ2v) is 5.58. The first-order chi connectivity index (χ1) is 10.2. The summed E-state index contributed by atoms with van der Waals surface area (Å²) in [7, 11) is 0. The molecule has 1 atom stereocenters. The van der Waals surface area contributed by atoms with Crippen molar-refractivity contribution in [3.05, 3.63) is 18.0 Å². The summed E-state index contributed by atoms with van der Waals surface area (Å²) in [5.41, 5.74) is 0.339. The summed E-state index contributed by atoms with van der Waals surface area (Å²) in [5, 5.41) is 14.8. The maximum atomic E-state index is 12.9. The number of hydrogen-bond donors (Lipinski definition) is 1. The molecule has 1 fully saturated rings. The molecule has 7 heteroatoms. The maximum Gasteiger partial charge on any atom is 0.299 e. The molecule has 1 aliphatic rings. The lowest BCUT2D eigenvalue weighted by Gasteiger charge is -2.34. The molecule has 0 radical (unpaired) electrons. The zero-order valence-electron chi connectivity index (χ0n) is 12.0. The first kappa shape index (κ1) is 14.2. The Morgan fingerprint density at radius 2 is 2.14 bits per heavy atom. The van der Waals surface area contributed by atoms with Crippen LogP contribution in [0.25, 0.3) is 5.65 Å². The zero-order valence-corrected chi connectivity index (χ0v) is 12.0.